The van der Waals surface area contributed by atoms with Gasteiger partial charge in [-0.2, -0.15) is 4.98 Å². The number of nitrogens with one attached hydrogen (secondary N) is 1. The SMILES string of the molecule is CCCCSc1nnc2c(n1)O[C@](C)(CC)Nc1ccccc1-2. The lowest BCUT2D eigenvalue weighted by Crippen LogP contribution is -2.40. The van der Waals surface area contributed by atoms with Gasteiger partial charge in [0, 0.05) is 23.4 Å². The van der Waals surface area contributed by atoms with Crippen LogP contribution >= 0.6 is 11.8 Å². The standard InChI is InChI=1S/C17H22N4OS/c1-4-6-11-23-16-18-15-14(20-21-16)12-9-7-8-10-13(12)19-17(3,5-2)22-15/h7-10,19H,4-6,11H2,1-3H3/t17-/m1/s1. The molecule has 6 heteroatoms. The molecule has 2 heterocycles. The molecule has 2 aromatic rings. The number of benzene rings is 1. The summed E-state index contributed by atoms with van der Waals surface area (Å²) in [6.07, 6.45) is 3.11. The summed E-state index contributed by atoms with van der Waals surface area (Å²) in [5.41, 5.74) is 2.16. The lowest BCUT2D eigenvalue weighted by atomic mass is 10.1. The smallest absolute Gasteiger partial charge is 0.247 e. The van der Waals surface area contributed by atoms with E-state index in [1.165, 1.54) is 0 Å². The molecule has 0 bridgehead atoms. The van der Waals surface area contributed by atoms with Crippen LogP contribution in [0.4, 0.5) is 5.69 Å². The molecule has 0 radical (unpaired) electrons. The number of para-hydroxylation sites is 1. The first-order chi connectivity index (χ1) is 11.1. The Morgan fingerprint density at radius 1 is 1.22 bits per heavy atom. The number of fused-ring (bicyclic) bond motifs is 3. The Kier molecular flexibility index (Phi) is 4.71. The average molecular weight is 330 g/mol. The van der Waals surface area contributed by atoms with Crippen LogP contribution in [0.3, 0.4) is 0 Å². The number of hydrogen-bond acceptors (Lipinski definition) is 6. The maximum Gasteiger partial charge on any atom is 0.247 e. The van der Waals surface area contributed by atoms with E-state index in [0.717, 1.165) is 36.3 Å². The Hall–Kier alpha value is -1.82. The van der Waals surface area contributed by atoms with Gasteiger partial charge in [0.25, 0.3) is 0 Å². The first-order valence-electron chi connectivity index (χ1n) is 8.09. The van der Waals surface area contributed by atoms with Crippen LogP contribution in [-0.2, 0) is 0 Å². The van der Waals surface area contributed by atoms with Crippen molar-refractivity contribution in [2.24, 2.45) is 0 Å². The molecule has 1 aliphatic heterocycles. The molecule has 0 aliphatic carbocycles. The summed E-state index contributed by atoms with van der Waals surface area (Å²) in [5.74, 6) is 1.55. The fourth-order valence-electron chi connectivity index (χ4n) is 2.39. The second-order valence-electron chi connectivity index (χ2n) is 5.81. The third kappa shape index (κ3) is 3.42. The van der Waals surface area contributed by atoms with Crippen LogP contribution in [-0.4, -0.2) is 26.7 Å². The number of unbranched alkanes of at least 4 members (excludes halogenated alkanes) is 1. The highest BCUT2D eigenvalue weighted by Crippen LogP contribution is 2.39. The fourth-order valence-corrected chi connectivity index (χ4v) is 3.25. The molecule has 5 nitrogen and oxygen atoms in total. The largest absolute Gasteiger partial charge is 0.450 e. The lowest BCUT2D eigenvalue weighted by molar-refractivity contribution is 0.109. The van der Waals surface area contributed by atoms with Gasteiger partial charge in [-0.05, 0) is 19.4 Å². The molecule has 3 rings (SSSR count). The van der Waals surface area contributed by atoms with Crippen molar-refractivity contribution >= 4 is 17.4 Å². The summed E-state index contributed by atoms with van der Waals surface area (Å²) in [7, 11) is 0. The first kappa shape index (κ1) is 16.1. The number of hydrogen-bond donors (Lipinski definition) is 1. The summed E-state index contributed by atoms with van der Waals surface area (Å²) >= 11 is 1.63. The van der Waals surface area contributed by atoms with E-state index in [-0.39, 0.29) is 0 Å². The Morgan fingerprint density at radius 3 is 2.83 bits per heavy atom. The van der Waals surface area contributed by atoms with E-state index in [4.69, 9.17) is 4.74 Å². The van der Waals surface area contributed by atoms with Crippen molar-refractivity contribution in [3.8, 4) is 17.1 Å². The number of anilines is 1. The van der Waals surface area contributed by atoms with Crippen molar-refractivity contribution in [1.29, 1.82) is 0 Å². The van der Waals surface area contributed by atoms with E-state index in [1.54, 1.807) is 11.8 Å². The summed E-state index contributed by atoms with van der Waals surface area (Å²) in [6.45, 7) is 6.30. The van der Waals surface area contributed by atoms with Gasteiger partial charge in [0.2, 0.25) is 11.0 Å². The van der Waals surface area contributed by atoms with Gasteiger partial charge in [0.1, 0.15) is 0 Å². The van der Waals surface area contributed by atoms with Crippen LogP contribution < -0.4 is 10.1 Å². The minimum atomic E-state index is -0.511. The van der Waals surface area contributed by atoms with E-state index in [1.807, 2.05) is 31.2 Å². The van der Waals surface area contributed by atoms with Crippen LogP contribution in [0.2, 0.25) is 0 Å². The normalized spacial score (nSPS) is 19.1. The molecule has 1 atom stereocenters. The third-order valence-electron chi connectivity index (χ3n) is 3.94. The number of aromatic nitrogens is 3. The fraction of sp³-hybridized carbons (Fsp3) is 0.471. The van der Waals surface area contributed by atoms with Gasteiger partial charge in [-0.15, -0.1) is 10.2 Å². The van der Waals surface area contributed by atoms with Crippen LogP contribution in [0.15, 0.2) is 29.4 Å². The zero-order valence-electron chi connectivity index (χ0n) is 13.8. The Labute approximate surface area is 141 Å². The Morgan fingerprint density at radius 2 is 2.04 bits per heavy atom. The number of nitrogens with zero attached hydrogens (tertiary/aromatic N) is 3. The molecule has 122 valence electrons. The summed E-state index contributed by atoms with van der Waals surface area (Å²) in [6, 6.07) is 8.05. The van der Waals surface area contributed by atoms with Crippen molar-refractivity contribution in [3.63, 3.8) is 0 Å². The van der Waals surface area contributed by atoms with Crippen LogP contribution in [0.25, 0.3) is 11.3 Å². The van der Waals surface area contributed by atoms with E-state index >= 15 is 0 Å². The van der Waals surface area contributed by atoms with Crippen molar-refractivity contribution in [1.82, 2.24) is 15.2 Å². The first-order valence-corrected chi connectivity index (χ1v) is 9.08. The number of ether oxygens (including phenoxy) is 1. The van der Waals surface area contributed by atoms with Gasteiger partial charge in [-0.25, -0.2) is 0 Å². The maximum absolute atomic E-state index is 6.18. The summed E-state index contributed by atoms with van der Waals surface area (Å²) < 4.78 is 6.18. The maximum atomic E-state index is 6.18. The third-order valence-corrected chi connectivity index (χ3v) is 4.87. The molecule has 1 aliphatic rings. The van der Waals surface area contributed by atoms with Gasteiger partial charge in [0.05, 0.1) is 0 Å². The highest BCUT2D eigenvalue weighted by molar-refractivity contribution is 7.99. The van der Waals surface area contributed by atoms with E-state index in [9.17, 15) is 0 Å². The van der Waals surface area contributed by atoms with Gasteiger partial charge in [0.15, 0.2) is 11.4 Å². The van der Waals surface area contributed by atoms with Gasteiger partial charge in [-0.1, -0.05) is 50.2 Å². The molecule has 0 saturated heterocycles. The molecule has 0 unspecified atom stereocenters. The molecule has 1 N–H and O–H groups in total. The lowest BCUT2D eigenvalue weighted by Gasteiger charge is -2.29. The molecular formula is C17H22N4OS. The zero-order chi connectivity index (χ0) is 16.3. The quantitative estimate of drug-likeness (QED) is 0.649. The van der Waals surface area contributed by atoms with Gasteiger partial charge in [-0.3, -0.25) is 0 Å². The average Bonchev–Trinajstić information content (AvgIpc) is 2.68. The monoisotopic (exact) mass is 330 g/mol. The van der Waals surface area contributed by atoms with E-state index in [2.05, 4.69) is 34.3 Å². The second kappa shape index (κ2) is 6.74. The molecule has 23 heavy (non-hydrogen) atoms. The Balaban J connectivity index is 2.01. The van der Waals surface area contributed by atoms with Gasteiger partial charge >= 0.3 is 0 Å². The van der Waals surface area contributed by atoms with E-state index in [0.29, 0.717) is 16.7 Å². The summed E-state index contributed by atoms with van der Waals surface area (Å²) in [5, 5.41) is 12.8. The summed E-state index contributed by atoms with van der Waals surface area (Å²) in [4.78, 5) is 4.61. The molecule has 0 amide bonds. The highest BCUT2D eigenvalue weighted by atomic mass is 32.2. The molecule has 0 spiro atoms. The predicted molar refractivity (Wildman–Crippen MR) is 93.8 cm³/mol. The molecular weight excluding hydrogens is 308 g/mol. The Bertz CT molecular complexity index is 694. The highest BCUT2D eigenvalue weighted by Gasteiger charge is 2.32. The topological polar surface area (TPSA) is 59.9 Å². The van der Waals surface area contributed by atoms with Crippen molar-refractivity contribution in [3.05, 3.63) is 24.3 Å². The molecule has 0 saturated carbocycles. The minimum Gasteiger partial charge on any atom is -0.450 e. The number of thioether (sulfide) groups is 1. The second-order valence-corrected chi connectivity index (χ2v) is 6.87. The number of rotatable bonds is 5. The predicted octanol–water partition coefficient (Wildman–Crippen LogP) is 4.36. The van der Waals surface area contributed by atoms with Crippen molar-refractivity contribution in [2.75, 3.05) is 11.1 Å². The zero-order valence-corrected chi connectivity index (χ0v) is 14.6. The minimum absolute atomic E-state index is 0.511. The van der Waals surface area contributed by atoms with Crippen molar-refractivity contribution < 1.29 is 4.74 Å². The van der Waals surface area contributed by atoms with Crippen LogP contribution in [0.1, 0.15) is 40.0 Å². The molecule has 1 aromatic carbocycles. The van der Waals surface area contributed by atoms with Crippen LogP contribution in [0.5, 0.6) is 5.88 Å². The molecule has 1 aromatic heterocycles. The molecule has 0 fully saturated rings. The van der Waals surface area contributed by atoms with Crippen molar-refractivity contribution in [2.45, 2.75) is 50.9 Å². The van der Waals surface area contributed by atoms with Crippen LogP contribution in [0, 0.1) is 0 Å². The van der Waals surface area contributed by atoms with Gasteiger partial charge < -0.3 is 10.1 Å². The van der Waals surface area contributed by atoms with E-state index < -0.39 is 5.72 Å².